The van der Waals surface area contributed by atoms with Gasteiger partial charge in [-0.25, -0.2) is 8.42 Å². The number of carbonyl (C=O) groups excluding carboxylic acids is 1. The Balaban J connectivity index is 1.93. The van der Waals surface area contributed by atoms with Crippen LogP contribution in [0.25, 0.3) is 0 Å². The number of rotatable bonds is 3. The van der Waals surface area contributed by atoms with Crippen LogP contribution in [0.5, 0.6) is 0 Å². The summed E-state index contributed by atoms with van der Waals surface area (Å²) in [5.74, 6) is -0.108. The summed E-state index contributed by atoms with van der Waals surface area (Å²) in [4.78, 5) is 12.8. The van der Waals surface area contributed by atoms with Gasteiger partial charge in [-0.2, -0.15) is 0 Å². The van der Waals surface area contributed by atoms with Crippen LogP contribution in [0.1, 0.15) is 13.3 Å². The molecular formula is C16H15BrN2O3S2. The van der Waals surface area contributed by atoms with Crippen LogP contribution in [0, 0.1) is 0 Å². The van der Waals surface area contributed by atoms with Crippen molar-refractivity contribution in [2.75, 3.05) is 10.0 Å². The molecule has 2 N–H and O–H groups in total. The summed E-state index contributed by atoms with van der Waals surface area (Å²) in [6.07, 6.45) is 0.401. The molecule has 0 saturated heterocycles. The van der Waals surface area contributed by atoms with E-state index in [1.165, 1.54) is 6.07 Å². The Morgan fingerprint density at radius 1 is 1.25 bits per heavy atom. The van der Waals surface area contributed by atoms with Gasteiger partial charge in [-0.05, 0) is 36.4 Å². The van der Waals surface area contributed by atoms with Crippen molar-refractivity contribution in [1.82, 2.24) is 0 Å². The van der Waals surface area contributed by atoms with Gasteiger partial charge in [0.15, 0.2) is 0 Å². The second kappa shape index (κ2) is 6.78. The van der Waals surface area contributed by atoms with Gasteiger partial charge in [0.05, 0.1) is 10.6 Å². The van der Waals surface area contributed by atoms with Crippen LogP contribution < -0.4 is 10.0 Å². The van der Waals surface area contributed by atoms with E-state index in [0.717, 1.165) is 9.37 Å². The third-order valence-electron chi connectivity index (χ3n) is 3.41. The minimum atomic E-state index is -3.74. The smallest absolute Gasteiger partial charge is 0.261 e. The van der Waals surface area contributed by atoms with Gasteiger partial charge in [0.1, 0.15) is 0 Å². The van der Waals surface area contributed by atoms with Crippen molar-refractivity contribution >= 4 is 55.0 Å². The minimum Gasteiger partial charge on any atom is -0.325 e. The normalized spacial score (nSPS) is 17.6. The number of thioether (sulfide) groups is 1. The molecule has 1 aliphatic heterocycles. The predicted octanol–water partition coefficient (Wildman–Crippen LogP) is 4.07. The third-order valence-corrected chi connectivity index (χ3v) is 6.46. The van der Waals surface area contributed by atoms with Crippen molar-refractivity contribution in [3.8, 4) is 0 Å². The number of anilines is 2. The number of carbonyl (C=O) groups is 1. The van der Waals surface area contributed by atoms with Crippen LogP contribution in [-0.4, -0.2) is 19.6 Å². The zero-order chi connectivity index (χ0) is 17.3. The van der Waals surface area contributed by atoms with Crippen LogP contribution in [0.2, 0.25) is 0 Å². The van der Waals surface area contributed by atoms with E-state index in [1.807, 2.05) is 13.0 Å². The fourth-order valence-corrected chi connectivity index (χ4v) is 4.89. The van der Waals surface area contributed by atoms with E-state index in [2.05, 4.69) is 26.0 Å². The first-order chi connectivity index (χ1) is 11.3. The van der Waals surface area contributed by atoms with Gasteiger partial charge in [-0.1, -0.05) is 28.9 Å². The summed E-state index contributed by atoms with van der Waals surface area (Å²) in [5, 5.41) is 2.93. The molecule has 0 aromatic heterocycles. The van der Waals surface area contributed by atoms with Crippen LogP contribution >= 0.6 is 27.7 Å². The Morgan fingerprint density at radius 2 is 2.04 bits per heavy atom. The predicted molar refractivity (Wildman–Crippen MR) is 100.0 cm³/mol. The van der Waals surface area contributed by atoms with Crippen molar-refractivity contribution in [2.24, 2.45) is 0 Å². The summed E-state index contributed by atoms with van der Waals surface area (Å²) in [5.41, 5.74) is 0.998. The number of halogens is 1. The summed E-state index contributed by atoms with van der Waals surface area (Å²) in [6.45, 7) is 1.97. The molecular weight excluding hydrogens is 412 g/mol. The Kier molecular flexibility index (Phi) is 4.89. The average molecular weight is 427 g/mol. The van der Waals surface area contributed by atoms with Gasteiger partial charge < -0.3 is 5.32 Å². The highest BCUT2D eigenvalue weighted by molar-refractivity contribution is 9.10. The highest BCUT2D eigenvalue weighted by Gasteiger charge is 2.22. The highest BCUT2D eigenvalue weighted by Crippen LogP contribution is 2.36. The number of sulfonamides is 1. The van der Waals surface area contributed by atoms with E-state index in [1.54, 1.807) is 42.1 Å². The van der Waals surface area contributed by atoms with Crippen LogP contribution in [0.3, 0.4) is 0 Å². The maximum absolute atomic E-state index is 12.6. The zero-order valence-electron chi connectivity index (χ0n) is 12.7. The lowest BCUT2D eigenvalue weighted by Crippen LogP contribution is -2.15. The first kappa shape index (κ1) is 17.3. The van der Waals surface area contributed by atoms with Gasteiger partial charge in [0.2, 0.25) is 5.91 Å². The lowest BCUT2D eigenvalue weighted by Gasteiger charge is -2.12. The zero-order valence-corrected chi connectivity index (χ0v) is 16.0. The Morgan fingerprint density at radius 3 is 2.79 bits per heavy atom. The molecule has 5 nitrogen and oxygen atoms in total. The Hall–Kier alpha value is -1.51. The Labute approximate surface area is 153 Å². The number of fused-ring (bicyclic) bond motifs is 1. The fraction of sp³-hybridized carbons (Fsp3) is 0.188. The van der Waals surface area contributed by atoms with Gasteiger partial charge in [0, 0.05) is 26.7 Å². The monoisotopic (exact) mass is 426 g/mol. The van der Waals surface area contributed by atoms with Crippen LogP contribution in [0.15, 0.2) is 56.7 Å². The lowest BCUT2D eigenvalue weighted by atomic mass is 10.3. The molecule has 8 heteroatoms. The number of benzene rings is 2. The minimum absolute atomic E-state index is 0.108. The van der Waals surface area contributed by atoms with Crippen molar-refractivity contribution in [1.29, 1.82) is 0 Å². The second-order valence-corrected chi connectivity index (χ2v) is 9.53. The lowest BCUT2D eigenvalue weighted by molar-refractivity contribution is -0.116. The van der Waals surface area contributed by atoms with E-state index in [9.17, 15) is 13.2 Å². The molecule has 0 aliphatic carbocycles. The van der Waals surface area contributed by atoms with Gasteiger partial charge in [0.25, 0.3) is 10.0 Å². The SMILES string of the molecule is C[C@H]1CC(=O)Nc2cc(S(=O)(=O)Nc3cccc(Br)c3)ccc2S1. The molecule has 1 aliphatic rings. The molecule has 0 fully saturated rings. The summed E-state index contributed by atoms with van der Waals surface area (Å²) >= 11 is 4.87. The number of hydrogen-bond donors (Lipinski definition) is 2. The summed E-state index contributed by atoms with van der Waals surface area (Å²) in [6, 6.07) is 11.7. The summed E-state index contributed by atoms with van der Waals surface area (Å²) in [7, 11) is -3.74. The molecule has 1 heterocycles. The quantitative estimate of drug-likeness (QED) is 0.775. The molecule has 3 rings (SSSR count). The number of hydrogen-bond acceptors (Lipinski definition) is 4. The molecule has 2 aromatic rings. The standard InChI is InChI=1S/C16H15BrN2O3S2/c1-10-7-16(20)18-14-9-13(5-6-15(14)23-10)24(21,22)19-12-4-2-3-11(17)8-12/h2-6,8-10,19H,7H2,1H3,(H,18,20)/t10-/m0/s1. The maximum atomic E-state index is 12.6. The molecule has 0 saturated carbocycles. The van der Waals surface area contributed by atoms with Crippen LogP contribution in [0.4, 0.5) is 11.4 Å². The van der Waals surface area contributed by atoms with E-state index >= 15 is 0 Å². The highest BCUT2D eigenvalue weighted by atomic mass is 79.9. The first-order valence-corrected chi connectivity index (χ1v) is 10.4. The van der Waals surface area contributed by atoms with Crippen molar-refractivity contribution in [2.45, 2.75) is 28.4 Å². The van der Waals surface area contributed by atoms with Crippen molar-refractivity contribution in [3.05, 3.63) is 46.9 Å². The molecule has 0 spiro atoms. The number of nitrogens with one attached hydrogen (secondary N) is 2. The maximum Gasteiger partial charge on any atom is 0.261 e. The van der Waals surface area contributed by atoms with E-state index in [-0.39, 0.29) is 16.1 Å². The largest absolute Gasteiger partial charge is 0.325 e. The van der Waals surface area contributed by atoms with Gasteiger partial charge in [-0.3, -0.25) is 9.52 Å². The molecule has 1 amide bonds. The van der Waals surface area contributed by atoms with E-state index in [0.29, 0.717) is 17.8 Å². The molecule has 0 radical (unpaired) electrons. The Bertz CT molecular complexity index is 900. The molecule has 0 bridgehead atoms. The molecule has 0 unspecified atom stereocenters. The van der Waals surface area contributed by atoms with Crippen LogP contribution in [-0.2, 0) is 14.8 Å². The van der Waals surface area contributed by atoms with Crippen molar-refractivity contribution in [3.63, 3.8) is 0 Å². The topological polar surface area (TPSA) is 75.3 Å². The average Bonchev–Trinajstić information content (AvgIpc) is 2.62. The second-order valence-electron chi connectivity index (χ2n) is 5.45. The molecule has 1 atom stereocenters. The number of amides is 1. The van der Waals surface area contributed by atoms with Gasteiger partial charge in [-0.15, -0.1) is 11.8 Å². The fourth-order valence-electron chi connectivity index (χ4n) is 2.36. The van der Waals surface area contributed by atoms with Gasteiger partial charge >= 0.3 is 0 Å². The van der Waals surface area contributed by atoms with E-state index < -0.39 is 10.0 Å². The third kappa shape index (κ3) is 3.93. The first-order valence-electron chi connectivity index (χ1n) is 7.22. The van der Waals surface area contributed by atoms with Crippen molar-refractivity contribution < 1.29 is 13.2 Å². The van der Waals surface area contributed by atoms with E-state index in [4.69, 9.17) is 0 Å². The molecule has 126 valence electrons. The summed E-state index contributed by atoms with van der Waals surface area (Å²) < 4.78 is 28.5. The molecule has 24 heavy (non-hydrogen) atoms. The molecule has 2 aromatic carbocycles.